The van der Waals surface area contributed by atoms with Gasteiger partial charge in [0.15, 0.2) is 5.16 Å². The third kappa shape index (κ3) is 2.89. The summed E-state index contributed by atoms with van der Waals surface area (Å²) in [4.78, 5) is 12.1. The zero-order valence-corrected chi connectivity index (χ0v) is 10.2. The van der Waals surface area contributed by atoms with Crippen LogP contribution in [-0.2, 0) is 0 Å². The maximum atomic E-state index is 5.98. The summed E-state index contributed by atoms with van der Waals surface area (Å²) in [6.07, 6.45) is 1.50. The lowest BCUT2D eigenvalue weighted by Crippen LogP contribution is -1.99. The van der Waals surface area contributed by atoms with Gasteiger partial charge in [0.05, 0.1) is 16.9 Å². The molecule has 88 valence electrons. The van der Waals surface area contributed by atoms with Crippen LogP contribution in [0.2, 0.25) is 5.02 Å². The molecule has 0 aliphatic heterocycles. The Morgan fingerprint density at radius 2 is 1.71 bits per heavy atom. The van der Waals surface area contributed by atoms with Gasteiger partial charge in [0.25, 0.3) is 0 Å². The third-order valence-electron chi connectivity index (χ3n) is 1.76. The lowest BCUT2D eigenvalue weighted by molar-refractivity contribution is 0.977. The molecule has 0 aromatic carbocycles. The molecule has 0 spiro atoms. The molecule has 0 atom stereocenters. The van der Waals surface area contributed by atoms with Gasteiger partial charge in [-0.05, 0) is 17.8 Å². The van der Waals surface area contributed by atoms with Gasteiger partial charge < -0.3 is 17.2 Å². The van der Waals surface area contributed by atoms with Gasteiger partial charge in [0.2, 0.25) is 0 Å². The fraction of sp³-hybridized carbons (Fsp3) is 0. The Morgan fingerprint density at radius 3 is 2.29 bits per heavy atom. The standard InChI is InChI=1S/C9H9ClN6S/c10-5-1-4(11)3-14-8(5)17-9-15-6(12)2-7(13)16-9/h1-3H,11H2,(H4,12,13,15,16). The normalized spacial score (nSPS) is 10.4. The minimum Gasteiger partial charge on any atom is -0.397 e. The minimum atomic E-state index is 0.298. The smallest absolute Gasteiger partial charge is 0.197 e. The van der Waals surface area contributed by atoms with Crippen LogP contribution in [0.15, 0.2) is 28.5 Å². The lowest BCUT2D eigenvalue weighted by Gasteiger charge is -2.04. The van der Waals surface area contributed by atoms with Gasteiger partial charge in [-0.15, -0.1) is 0 Å². The second-order valence-corrected chi connectivity index (χ2v) is 4.52. The minimum absolute atomic E-state index is 0.298. The first-order valence-electron chi connectivity index (χ1n) is 4.53. The molecule has 0 aliphatic rings. The van der Waals surface area contributed by atoms with Crippen molar-refractivity contribution in [3.05, 3.63) is 23.4 Å². The Kier molecular flexibility index (Phi) is 3.21. The SMILES string of the molecule is Nc1cnc(Sc2nc(N)cc(N)n2)c(Cl)c1. The Morgan fingerprint density at radius 1 is 1.06 bits per heavy atom. The van der Waals surface area contributed by atoms with Crippen molar-refractivity contribution < 1.29 is 0 Å². The zero-order valence-electron chi connectivity index (χ0n) is 8.59. The molecule has 17 heavy (non-hydrogen) atoms. The molecule has 0 saturated heterocycles. The summed E-state index contributed by atoms with van der Waals surface area (Å²) in [5.74, 6) is 0.595. The highest BCUT2D eigenvalue weighted by atomic mass is 35.5. The van der Waals surface area contributed by atoms with E-state index in [9.17, 15) is 0 Å². The van der Waals surface area contributed by atoms with Crippen molar-refractivity contribution in [3.8, 4) is 0 Å². The van der Waals surface area contributed by atoms with Crippen molar-refractivity contribution >= 4 is 40.7 Å². The maximum Gasteiger partial charge on any atom is 0.197 e. The van der Waals surface area contributed by atoms with Crippen molar-refractivity contribution in [2.24, 2.45) is 0 Å². The van der Waals surface area contributed by atoms with Crippen LogP contribution in [0.5, 0.6) is 0 Å². The van der Waals surface area contributed by atoms with Crippen molar-refractivity contribution in [1.29, 1.82) is 0 Å². The van der Waals surface area contributed by atoms with E-state index in [4.69, 9.17) is 28.8 Å². The molecule has 0 bridgehead atoms. The van der Waals surface area contributed by atoms with Gasteiger partial charge >= 0.3 is 0 Å². The quantitative estimate of drug-likeness (QED) is 0.705. The molecule has 0 fully saturated rings. The van der Waals surface area contributed by atoms with E-state index in [-0.39, 0.29) is 0 Å². The largest absolute Gasteiger partial charge is 0.397 e. The van der Waals surface area contributed by atoms with Crippen molar-refractivity contribution in [3.63, 3.8) is 0 Å². The number of pyridine rings is 1. The first-order chi connectivity index (χ1) is 8.04. The van der Waals surface area contributed by atoms with Crippen LogP contribution in [0.1, 0.15) is 0 Å². The predicted molar refractivity (Wildman–Crippen MR) is 68.6 cm³/mol. The molecule has 6 N–H and O–H groups in total. The fourth-order valence-corrected chi connectivity index (χ4v) is 2.14. The van der Waals surface area contributed by atoms with E-state index in [0.29, 0.717) is 32.5 Å². The number of aromatic nitrogens is 3. The number of nitrogens with zero attached hydrogens (tertiary/aromatic N) is 3. The molecule has 0 unspecified atom stereocenters. The van der Waals surface area contributed by atoms with Gasteiger partial charge in [-0.2, -0.15) is 0 Å². The zero-order chi connectivity index (χ0) is 12.4. The third-order valence-corrected chi connectivity index (χ3v) is 3.05. The molecule has 0 saturated carbocycles. The van der Waals surface area contributed by atoms with Gasteiger partial charge in [-0.25, -0.2) is 15.0 Å². The molecule has 0 aliphatic carbocycles. The van der Waals surface area contributed by atoms with Crippen LogP contribution in [0, 0.1) is 0 Å². The van der Waals surface area contributed by atoms with E-state index in [1.165, 1.54) is 24.0 Å². The van der Waals surface area contributed by atoms with E-state index < -0.39 is 0 Å². The summed E-state index contributed by atoms with van der Waals surface area (Å²) >= 11 is 7.15. The Hall–Kier alpha value is -1.73. The van der Waals surface area contributed by atoms with Crippen molar-refractivity contribution in [2.75, 3.05) is 17.2 Å². The van der Waals surface area contributed by atoms with E-state index in [1.54, 1.807) is 6.07 Å². The highest BCUT2D eigenvalue weighted by molar-refractivity contribution is 7.99. The summed E-state index contributed by atoms with van der Waals surface area (Å²) < 4.78 is 0. The molecule has 2 heterocycles. The summed E-state index contributed by atoms with van der Waals surface area (Å²) in [7, 11) is 0. The summed E-state index contributed by atoms with van der Waals surface area (Å²) in [6, 6.07) is 3.08. The van der Waals surface area contributed by atoms with Gasteiger partial charge in [-0.3, -0.25) is 0 Å². The second-order valence-electron chi connectivity index (χ2n) is 3.16. The van der Waals surface area contributed by atoms with Crippen molar-refractivity contribution in [2.45, 2.75) is 10.2 Å². The number of hydrogen-bond acceptors (Lipinski definition) is 7. The van der Waals surface area contributed by atoms with Crippen LogP contribution < -0.4 is 17.2 Å². The summed E-state index contributed by atoms with van der Waals surface area (Å²) in [5, 5.41) is 1.37. The first-order valence-corrected chi connectivity index (χ1v) is 5.73. The van der Waals surface area contributed by atoms with E-state index in [2.05, 4.69) is 15.0 Å². The summed E-state index contributed by atoms with van der Waals surface area (Å²) in [6.45, 7) is 0. The predicted octanol–water partition coefficient (Wildman–Crippen LogP) is 1.42. The Balaban J connectivity index is 2.31. The van der Waals surface area contributed by atoms with E-state index >= 15 is 0 Å². The van der Waals surface area contributed by atoms with Gasteiger partial charge in [0.1, 0.15) is 16.7 Å². The van der Waals surface area contributed by atoms with E-state index in [0.717, 1.165) is 0 Å². The molecule has 2 rings (SSSR count). The number of nitrogens with two attached hydrogens (primary N) is 3. The van der Waals surface area contributed by atoms with Gasteiger partial charge in [-0.1, -0.05) is 11.6 Å². The molecule has 0 amide bonds. The number of halogens is 1. The van der Waals surface area contributed by atoms with Crippen LogP contribution in [0.3, 0.4) is 0 Å². The monoisotopic (exact) mass is 268 g/mol. The highest BCUT2D eigenvalue weighted by Crippen LogP contribution is 2.30. The maximum absolute atomic E-state index is 5.98. The van der Waals surface area contributed by atoms with E-state index in [1.807, 2.05) is 0 Å². The first kappa shape index (κ1) is 11.7. The van der Waals surface area contributed by atoms with Crippen LogP contribution in [0.4, 0.5) is 17.3 Å². The highest BCUT2D eigenvalue weighted by Gasteiger charge is 2.08. The molecular weight excluding hydrogens is 260 g/mol. The molecule has 2 aromatic heterocycles. The molecule has 6 nitrogen and oxygen atoms in total. The van der Waals surface area contributed by atoms with Gasteiger partial charge in [0, 0.05) is 6.07 Å². The fourth-order valence-electron chi connectivity index (χ4n) is 1.11. The number of hydrogen-bond donors (Lipinski definition) is 3. The number of anilines is 3. The molecule has 2 aromatic rings. The lowest BCUT2D eigenvalue weighted by atomic mass is 10.4. The average Bonchev–Trinajstić information content (AvgIpc) is 2.21. The molecular formula is C9H9ClN6S. The topological polar surface area (TPSA) is 117 Å². The number of nitrogen functional groups attached to an aromatic ring is 3. The van der Waals surface area contributed by atoms with Crippen LogP contribution in [-0.4, -0.2) is 15.0 Å². The Bertz CT molecular complexity index is 541. The Labute approximate surface area is 107 Å². The summed E-state index contributed by atoms with van der Waals surface area (Å²) in [5.41, 5.74) is 17.1. The molecule has 8 heteroatoms. The second kappa shape index (κ2) is 4.64. The molecule has 0 radical (unpaired) electrons. The number of rotatable bonds is 2. The average molecular weight is 269 g/mol. The van der Waals surface area contributed by atoms with Crippen LogP contribution >= 0.6 is 23.4 Å². The van der Waals surface area contributed by atoms with Crippen molar-refractivity contribution in [1.82, 2.24) is 15.0 Å². The van der Waals surface area contributed by atoms with Crippen LogP contribution in [0.25, 0.3) is 0 Å².